The molecule has 2 saturated carbocycles. The van der Waals surface area contributed by atoms with Crippen molar-refractivity contribution in [3.63, 3.8) is 0 Å². The van der Waals surface area contributed by atoms with E-state index in [4.69, 9.17) is 4.74 Å². The van der Waals surface area contributed by atoms with Gasteiger partial charge >= 0.3 is 0 Å². The molecule has 144 valence electrons. The second kappa shape index (κ2) is 6.18. The molecular weight excluding hydrogens is 362 g/mol. The van der Waals surface area contributed by atoms with Crippen LogP contribution in [0.15, 0.2) is 66.7 Å². The van der Waals surface area contributed by atoms with Crippen LogP contribution < -0.4 is 9.64 Å². The molecule has 4 atom stereocenters. The van der Waals surface area contributed by atoms with E-state index in [2.05, 4.69) is 12.1 Å². The molecule has 4 heteroatoms. The Kier molecular flexibility index (Phi) is 3.58. The predicted molar refractivity (Wildman–Crippen MR) is 111 cm³/mol. The topological polar surface area (TPSA) is 46.6 Å². The standard InChI is InChI=1S/C25H21NO3/c27-24-22-16-8-9-17(14-16)23(22)25(28)26(24)18-10-12-19(13-11-18)29-21-7-3-5-15-4-1-2-6-20(15)21/h1-7,10-13,16-17,22-23H,8-9,14H2/t16-,17-,22+,23+/m0/s1. The van der Waals surface area contributed by atoms with Crippen LogP contribution in [0.4, 0.5) is 5.69 Å². The van der Waals surface area contributed by atoms with Crippen molar-refractivity contribution >= 4 is 28.3 Å². The van der Waals surface area contributed by atoms with Gasteiger partial charge in [0.2, 0.25) is 11.8 Å². The average Bonchev–Trinajstić information content (AvgIpc) is 3.43. The van der Waals surface area contributed by atoms with Gasteiger partial charge in [-0.15, -0.1) is 0 Å². The fourth-order valence-electron chi connectivity index (χ4n) is 5.74. The van der Waals surface area contributed by atoms with E-state index in [0.717, 1.165) is 35.8 Å². The predicted octanol–water partition coefficient (Wildman–Crippen LogP) is 5.17. The van der Waals surface area contributed by atoms with Crippen LogP contribution in [-0.4, -0.2) is 11.8 Å². The SMILES string of the molecule is O=C1[C@@H]2[C@H]3CC[C@@H](C3)[C@H]2C(=O)N1c1ccc(Oc2cccc3ccccc23)cc1. The number of benzene rings is 3. The number of amides is 2. The second-order valence-electron chi connectivity index (χ2n) is 8.47. The zero-order chi connectivity index (χ0) is 19.5. The molecule has 1 aliphatic heterocycles. The third-order valence-electron chi connectivity index (χ3n) is 7.00. The van der Waals surface area contributed by atoms with Gasteiger partial charge in [0.25, 0.3) is 0 Å². The first-order chi connectivity index (χ1) is 14.2. The number of rotatable bonds is 3. The molecule has 4 nitrogen and oxygen atoms in total. The minimum absolute atomic E-state index is 0.00470. The zero-order valence-electron chi connectivity index (χ0n) is 16.0. The minimum Gasteiger partial charge on any atom is -0.457 e. The van der Waals surface area contributed by atoms with Gasteiger partial charge in [-0.25, -0.2) is 0 Å². The van der Waals surface area contributed by atoms with Crippen LogP contribution in [0, 0.1) is 23.7 Å². The second-order valence-corrected chi connectivity index (χ2v) is 8.47. The molecule has 6 rings (SSSR count). The summed E-state index contributed by atoms with van der Waals surface area (Å²) >= 11 is 0. The Labute approximate surface area is 169 Å². The number of anilines is 1. The Morgan fingerprint density at radius 3 is 2.14 bits per heavy atom. The number of nitrogens with zero attached hydrogens (tertiary/aromatic N) is 1. The van der Waals surface area contributed by atoms with Gasteiger partial charge in [0.1, 0.15) is 11.5 Å². The van der Waals surface area contributed by atoms with Crippen molar-refractivity contribution in [3.05, 3.63) is 66.7 Å². The monoisotopic (exact) mass is 383 g/mol. The van der Waals surface area contributed by atoms with E-state index in [1.165, 1.54) is 4.90 Å². The molecule has 2 aliphatic carbocycles. The van der Waals surface area contributed by atoms with Crippen LogP contribution in [0.3, 0.4) is 0 Å². The Hall–Kier alpha value is -3.14. The number of ether oxygens (including phenoxy) is 1. The molecular formula is C25H21NO3. The van der Waals surface area contributed by atoms with Gasteiger partial charge in [-0.3, -0.25) is 14.5 Å². The molecule has 0 unspecified atom stereocenters. The number of imide groups is 1. The summed E-state index contributed by atoms with van der Waals surface area (Å²) in [6.45, 7) is 0. The van der Waals surface area contributed by atoms with E-state index >= 15 is 0 Å². The van der Waals surface area contributed by atoms with Crippen LogP contribution in [0.25, 0.3) is 10.8 Å². The van der Waals surface area contributed by atoms with E-state index in [1.54, 1.807) is 0 Å². The molecule has 3 aromatic rings. The lowest BCUT2D eigenvalue weighted by molar-refractivity contribution is -0.123. The number of hydrogen-bond donors (Lipinski definition) is 0. The maximum Gasteiger partial charge on any atom is 0.237 e. The van der Waals surface area contributed by atoms with Gasteiger partial charge in [-0.1, -0.05) is 36.4 Å². The van der Waals surface area contributed by atoms with Crippen LogP contribution in [0.1, 0.15) is 19.3 Å². The lowest BCUT2D eigenvalue weighted by atomic mass is 9.81. The molecule has 1 saturated heterocycles. The highest BCUT2D eigenvalue weighted by Crippen LogP contribution is 2.56. The van der Waals surface area contributed by atoms with Gasteiger partial charge in [-0.05, 0) is 66.8 Å². The summed E-state index contributed by atoms with van der Waals surface area (Å²) in [5, 5.41) is 2.17. The largest absolute Gasteiger partial charge is 0.457 e. The molecule has 0 spiro atoms. The van der Waals surface area contributed by atoms with E-state index < -0.39 is 0 Å². The lowest BCUT2D eigenvalue weighted by Crippen LogP contribution is -2.32. The molecule has 0 aromatic heterocycles. The first kappa shape index (κ1) is 16.8. The highest BCUT2D eigenvalue weighted by molar-refractivity contribution is 6.22. The van der Waals surface area contributed by atoms with E-state index in [0.29, 0.717) is 23.3 Å². The summed E-state index contributed by atoms with van der Waals surface area (Å²) in [5.74, 6) is 2.09. The first-order valence-corrected chi connectivity index (χ1v) is 10.3. The Balaban J connectivity index is 1.27. The van der Waals surface area contributed by atoms with Gasteiger partial charge in [0.05, 0.1) is 17.5 Å². The summed E-state index contributed by atoms with van der Waals surface area (Å²) in [7, 11) is 0. The van der Waals surface area contributed by atoms with Crippen LogP contribution in [0.5, 0.6) is 11.5 Å². The fourth-order valence-corrected chi connectivity index (χ4v) is 5.74. The molecule has 0 N–H and O–H groups in total. The number of carbonyl (C=O) groups excluding carboxylic acids is 2. The maximum atomic E-state index is 13.0. The molecule has 3 fully saturated rings. The maximum absolute atomic E-state index is 13.0. The first-order valence-electron chi connectivity index (χ1n) is 10.3. The number of fused-ring (bicyclic) bond motifs is 6. The van der Waals surface area contributed by atoms with Crippen LogP contribution in [0.2, 0.25) is 0 Å². The minimum atomic E-state index is -0.0899. The molecule has 0 radical (unpaired) electrons. The fraction of sp³-hybridized carbons (Fsp3) is 0.280. The highest BCUT2D eigenvalue weighted by atomic mass is 16.5. The highest BCUT2D eigenvalue weighted by Gasteiger charge is 2.61. The molecule has 29 heavy (non-hydrogen) atoms. The average molecular weight is 383 g/mol. The summed E-state index contributed by atoms with van der Waals surface area (Å²) in [6, 6.07) is 21.4. The Morgan fingerprint density at radius 1 is 0.759 bits per heavy atom. The Bertz CT molecular complexity index is 1100. The summed E-state index contributed by atoms with van der Waals surface area (Å²) in [4.78, 5) is 27.4. The van der Waals surface area contributed by atoms with Gasteiger partial charge in [-0.2, -0.15) is 0 Å². The number of hydrogen-bond acceptors (Lipinski definition) is 3. The van der Waals surface area contributed by atoms with Crippen molar-refractivity contribution in [3.8, 4) is 11.5 Å². The smallest absolute Gasteiger partial charge is 0.237 e. The van der Waals surface area contributed by atoms with E-state index in [9.17, 15) is 9.59 Å². The molecule has 3 aromatic carbocycles. The zero-order valence-corrected chi connectivity index (χ0v) is 16.0. The van der Waals surface area contributed by atoms with Crippen molar-refractivity contribution < 1.29 is 14.3 Å². The lowest BCUT2D eigenvalue weighted by Gasteiger charge is -2.19. The van der Waals surface area contributed by atoms with E-state index in [1.807, 2.05) is 54.6 Å². The van der Waals surface area contributed by atoms with Crippen LogP contribution >= 0.6 is 0 Å². The van der Waals surface area contributed by atoms with E-state index in [-0.39, 0.29) is 23.7 Å². The quantitative estimate of drug-likeness (QED) is 0.587. The third kappa shape index (κ3) is 2.45. The van der Waals surface area contributed by atoms with Crippen molar-refractivity contribution in [2.24, 2.45) is 23.7 Å². The number of carbonyl (C=O) groups is 2. The summed E-state index contributed by atoms with van der Waals surface area (Å²) in [5.41, 5.74) is 0.652. The van der Waals surface area contributed by atoms with Gasteiger partial charge in [0.15, 0.2) is 0 Å². The van der Waals surface area contributed by atoms with Crippen LogP contribution in [-0.2, 0) is 9.59 Å². The summed E-state index contributed by atoms with van der Waals surface area (Å²) < 4.78 is 6.09. The third-order valence-corrected chi connectivity index (χ3v) is 7.00. The van der Waals surface area contributed by atoms with Gasteiger partial charge in [0, 0.05) is 5.39 Å². The van der Waals surface area contributed by atoms with Crippen molar-refractivity contribution in [2.75, 3.05) is 4.90 Å². The molecule has 3 aliphatic rings. The van der Waals surface area contributed by atoms with Crippen molar-refractivity contribution in [2.45, 2.75) is 19.3 Å². The molecule has 2 bridgehead atoms. The summed E-state index contributed by atoms with van der Waals surface area (Å²) in [6.07, 6.45) is 3.24. The van der Waals surface area contributed by atoms with Crippen molar-refractivity contribution in [1.82, 2.24) is 0 Å². The van der Waals surface area contributed by atoms with Gasteiger partial charge < -0.3 is 4.74 Å². The normalized spacial score (nSPS) is 27.7. The Morgan fingerprint density at radius 2 is 1.41 bits per heavy atom. The van der Waals surface area contributed by atoms with Crippen molar-refractivity contribution in [1.29, 1.82) is 0 Å². The molecule has 1 heterocycles. The molecule has 2 amide bonds.